The largest absolute Gasteiger partial charge is 0.475 e. The number of rotatable bonds is 7. The van der Waals surface area contributed by atoms with Gasteiger partial charge in [0.15, 0.2) is 22.3 Å². The fourth-order valence-electron chi connectivity index (χ4n) is 3.00. The average Bonchev–Trinajstić information content (AvgIpc) is 3.39. The Morgan fingerprint density at radius 2 is 1.88 bits per heavy atom. The quantitative estimate of drug-likeness (QED) is 0.373. The molecule has 0 fully saturated rings. The normalized spacial score (nSPS) is 12.0. The van der Waals surface area contributed by atoms with Gasteiger partial charge in [-0.15, -0.1) is 0 Å². The van der Waals surface area contributed by atoms with Crippen molar-refractivity contribution in [1.29, 1.82) is 0 Å². The van der Waals surface area contributed by atoms with Crippen molar-refractivity contribution in [2.24, 2.45) is 5.73 Å². The Bertz CT molecular complexity index is 1320. The Hall–Kier alpha value is -3.64. The van der Waals surface area contributed by atoms with E-state index >= 15 is 0 Å². The van der Waals surface area contributed by atoms with Gasteiger partial charge in [0.25, 0.3) is 5.91 Å². The van der Waals surface area contributed by atoms with Crippen molar-refractivity contribution in [3.63, 3.8) is 0 Å². The third-order valence-electron chi connectivity index (χ3n) is 4.56. The summed E-state index contributed by atoms with van der Waals surface area (Å²) in [5.74, 6) is -3.43. The molecular weight excluding hydrogens is 506 g/mol. The molecule has 0 spiro atoms. The van der Waals surface area contributed by atoms with Crippen molar-refractivity contribution in [1.82, 2.24) is 15.1 Å². The van der Waals surface area contributed by atoms with Crippen LogP contribution < -0.4 is 10.5 Å². The summed E-state index contributed by atoms with van der Waals surface area (Å²) < 4.78 is 44.4. The highest BCUT2D eigenvalue weighted by Gasteiger charge is 2.26. The van der Waals surface area contributed by atoms with Crippen LogP contribution in [0.3, 0.4) is 0 Å². The van der Waals surface area contributed by atoms with E-state index in [2.05, 4.69) is 31.1 Å². The summed E-state index contributed by atoms with van der Waals surface area (Å²) in [6.07, 6.45) is -1.25. The molecule has 2 aromatic heterocycles. The zero-order chi connectivity index (χ0) is 23.7. The van der Waals surface area contributed by atoms with Gasteiger partial charge < -0.3 is 24.5 Å². The van der Waals surface area contributed by atoms with E-state index in [1.165, 1.54) is 0 Å². The number of primary amides is 1. The highest BCUT2D eigenvalue weighted by molar-refractivity contribution is 9.10. The van der Waals surface area contributed by atoms with Crippen LogP contribution in [0, 0.1) is 18.6 Å². The summed E-state index contributed by atoms with van der Waals surface area (Å²) in [6.45, 7) is 1.04. The van der Waals surface area contributed by atoms with Gasteiger partial charge in [-0.2, -0.15) is 4.98 Å². The lowest BCUT2D eigenvalue weighted by molar-refractivity contribution is 0.0880. The Kier molecular flexibility index (Phi) is 6.20. The van der Waals surface area contributed by atoms with Gasteiger partial charge in [0.1, 0.15) is 17.1 Å². The van der Waals surface area contributed by atoms with Crippen LogP contribution in [0.1, 0.15) is 28.2 Å². The number of carbonyl (C=O) groups excluding carboxylic acids is 1. The molecule has 1 atom stereocenters. The molecule has 12 heteroatoms. The highest BCUT2D eigenvalue weighted by Crippen LogP contribution is 2.34. The molecule has 1 unspecified atom stereocenters. The fourth-order valence-corrected chi connectivity index (χ4v) is 3.48. The number of halogens is 3. The molecule has 4 aromatic rings. The molecule has 2 aromatic carbocycles. The van der Waals surface area contributed by atoms with Crippen molar-refractivity contribution in [2.75, 3.05) is 6.61 Å². The number of hydrogen-bond acceptors (Lipinski definition) is 8. The third kappa shape index (κ3) is 4.47. The van der Waals surface area contributed by atoms with Gasteiger partial charge in [0, 0.05) is 18.1 Å². The Labute approximate surface area is 193 Å². The first-order valence-electron chi connectivity index (χ1n) is 9.41. The second-order valence-electron chi connectivity index (χ2n) is 6.78. The lowest BCUT2D eigenvalue weighted by atomic mass is 10.1. The van der Waals surface area contributed by atoms with Crippen LogP contribution in [0.15, 0.2) is 50.0 Å². The zero-order valence-corrected chi connectivity index (χ0v) is 18.5. The molecule has 3 N–H and O–H groups in total. The van der Waals surface area contributed by atoms with Crippen LogP contribution in [-0.4, -0.2) is 32.7 Å². The Morgan fingerprint density at radius 1 is 1.18 bits per heavy atom. The maximum Gasteiger partial charge on any atom is 0.254 e. The van der Waals surface area contributed by atoms with Gasteiger partial charge >= 0.3 is 0 Å². The van der Waals surface area contributed by atoms with Crippen LogP contribution in [0.5, 0.6) is 5.75 Å². The summed E-state index contributed by atoms with van der Waals surface area (Å²) in [5.41, 5.74) is 5.84. The van der Waals surface area contributed by atoms with Crippen LogP contribution in [0.2, 0.25) is 0 Å². The molecule has 2 heterocycles. The molecule has 1 amide bonds. The minimum Gasteiger partial charge on any atom is -0.475 e. The zero-order valence-electron chi connectivity index (χ0n) is 16.9. The predicted molar refractivity (Wildman–Crippen MR) is 113 cm³/mol. The minimum absolute atomic E-state index is 0.0819. The minimum atomic E-state index is -1.29. The topological polar surface area (TPSA) is 138 Å². The summed E-state index contributed by atoms with van der Waals surface area (Å²) in [7, 11) is 0. The number of amides is 1. The van der Waals surface area contributed by atoms with Crippen molar-refractivity contribution >= 4 is 21.8 Å². The first-order valence-corrected chi connectivity index (χ1v) is 10.2. The number of oxazole rings is 1. The second-order valence-corrected chi connectivity index (χ2v) is 7.50. The molecule has 0 radical (unpaired) electrons. The van der Waals surface area contributed by atoms with E-state index < -0.39 is 41.6 Å². The summed E-state index contributed by atoms with van der Waals surface area (Å²) in [5, 5.41) is 13.6. The van der Waals surface area contributed by atoms with E-state index in [-0.39, 0.29) is 10.6 Å². The molecule has 4 rings (SSSR count). The Balaban J connectivity index is 1.61. The summed E-state index contributed by atoms with van der Waals surface area (Å²) >= 11 is 3.27. The Morgan fingerprint density at radius 3 is 2.48 bits per heavy atom. The van der Waals surface area contributed by atoms with Gasteiger partial charge in [0.05, 0.1) is 6.61 Å². The SMILES string of the molecule is Cc1nc(-c2ccc(-c3nc(C(CO)Oc4ccc(F)c(C(N)=O)c4F)oc3Br)cc2)no1. The van der Waals surface area contributed by atoms with E-state index in [1.807, 2.05) is 0 Å². The second kappa shape index (κ2) is 9.08. The van der Waals surface area contributed by atoms with Gasteiger partial charge in [-0.05, 0) is 28.1 Å². The number of aliphatic hydroxyl groups is 1. The van der Waals surface area contributed by atoms with Crippen LogP contribution in [0.25, 0.3) is 22.6 Å². The first-order chi connectivity index (χ1) is 15.8. The lowest BCUT2D eigenvalue weighted by Gasteiger charge is -2.15. The predicted octanol–water partition coefficient (Wildman–Crippen LogP) is 3.95. The molecule has 0 saturated heterocycles. The number of nitrogens with zero attached hydrogens (tertiary/aromatic N) is 3. The van der Waals surface area contributed by atoms with E-state index in [1.54, 1.807) is 31.2 Å². The standard InChI is InChI=1S/C21H15BrF2N4O5/c1-9-26-20(28-33-9)11-4-2-10(3-5-11)17-18(22)32-21(27-17)14(8-29)31-13-7-6-12(23)15(16(13)24)19(25)30/h2-7,14,29H,8H2,1H3,(H2,25,30). The van der Waals surface area contributed by atoms with Crippen molar-refractivity contribution < 1.29 is 32.4 Å². The summed E-state index contributed by atoms with van der Waals surface area (Å²) in [6, 6.07) is 8.83. The summed E-state index contributed by atoms with van der Waals surface area (Å²) in [4.78, 5) is 19.8. The molecule has 0 saturated carbocycles. The maximum atomic E-state index is 14.5. The molecule has 0 aliphatic rings. The molecule has 9 nitrogen and oxygen atoms in total. The number of ether oxygens (including phenoxy) is 1. The molecule has 33 heavy (non-hydrogen) atoms. The van der Waals surface area contributed by atoms with Crippen LogP contribution in [0.4, 0.5) is 8.78 Å². The first kappa shape index (κ1) is 22.6. The number of hydrogen-bond donors (Lipinski definition) is 2. The smallest absolute Gasteiger partial charge is 0.254 e. The number of carbonyl (C=O) groups is 1. The maximum absolute atomic E-state index is 14.5. The van der Waals surface area contributed by atoms with Gasteiger partial charge in [-0.1, -0.05) is 29.4 Å². The molecule has 0 aliphatic heterocycles. The number of aliphatic hydroxyl groups excluding tert-OH is 1. The van der Waals surface area contributed by atoms with E-state index in [4.69, 9.17) is 19.4 Å². The number of aryl methyl sites for hydroxylation is 1. The van der Waals surface area contributed by atoms with Crippen molar-refractivity contribution in [3.05, 3.63) is 70.0 Å². The van der Waals surface area contributed by atoms with Gasteiger partial charge in [0.2, 0.25) is 17.6 Å². The van der Waals surface area contributed by atoms with E-state index in [0.717, 1.165) is 17.7 Å². The van der Waals surface area contributed by atoms with Crippen molar-refractivity contribution in [3.8, 4) is 28.4 Å². The van der Waals surface area contributed by atoms with Crippen LogP contribution >= 0.6 is 15.9 Å². The molecule has 170 valence electrons. The highest BCUT2D eigenvalue weighted by atomic mass is 79.9. The number of aromatic nitrogens is 3. The molecule has 0 bridgehead atoms. The van der Waals surface area contributed by atoms with Crippen molar-refractivity contribution in [2.45, 2.75) is 13.0 Å². The fraction of sp³-hybridized carbons (Fsp3) is 0.143. The number of benzene rings is 2. The monoisotopic (exact) mass is 520 g/mol. The van der Waals surface area contributed by atoms with Crippen LogP contribution in [-0.2, 0) is 0 Å². The van der Waals surface area contributed by atoms with Gasteiger partial charge in [-0.3, -0.25) is 4.79 Å². The molecule has 0 aliphatic carbocycles. The van der Waals surface area contributed by atoms with E-state index in [0.29, 0.717) is 23.0 Å². The number of nitrogens with two attached hydrogens (primary N) is 1. The van der Waals surface area contributed by atoms with E-state index in [9.17, 15) is 18.7 Å². The average molecular weight is 521 g/mol. The van der Waals surface area contributed by atoms with Gasteiger partial charge in [-0.25, -0.2) is 13.8 Å². The molecular formula is C21H15BrF2N4O5. The lowest BCUT2D eigenvalue weighted by Crippen LogP contribution is -2.18. The third-order valence-corrected chi connectivity index (χ3v) is 5.10.